The van der Waals surface area contributed by atoms with Gasteiger partial charge in [0.2, 0.25) is 0 Å². The number of urea groups is 1. The molecule has 0 saturated heterocycles. The Bertz CT molecular complexity index is 875. The molecule has 2 amide bonds. The molecule has 0 atom stereocenters. The van der Waals surface area contributed by atoms with E-state index in [0.29, 0.717) is 24.6 Å². The van der Waals surface area contributed by atoms with E-state index in [1.165, 1.54) is 25.0 Å². The van der Waals surface area contributed by atoms with Gasteiger partial charge in [0.05, 0.1) is 5.56 Å². The van der Waals surface area contributed by atoms with Crippen LogP contribution >= 0.6 is 0 Å². The number of amides is 2. The highest BCUT2D eigenvalue weighted by molar-refractivity contribution is 5.75. The fourth-order valence-corrected chi connectivity index (χ4v) is 3.95. The van der Waals surface area contributed by atoms with Crippen molar-refractivity contribution in [1.82, 2.24) is 10.2 Å². The molecule has 1 N–H and O–H groups in total. The number of rotatable bonds is 3. The predicted octanol–water partition coefficient (Wildman–Crippen LogP) is 5.51. The van der Waals surface area contributed by atoms with Crippen molar-refractivity contribution in [2.45, 2.75) is 50.9 Å². The number of benzene rings is 2. The van der Waals surface area contributed by atoms with E-state index in [9.17, 15) is 18.0 Å². The summed E-state index contributed by atoms with van der Waals surface area (Å²) in [4.78, 5) is 14.4. The Hall–Kier alpha value is -2.70. The van der Waals surface area contributed by atoms with Gasteiger partial charge in [-0.1, -0.05) is 18.9 Å². The smallest absolute Gasteiger partial charge is 0.416 e. The first kappa shape index (κ1) is 19.6. The van der Waals surface area contributed by atoms with Crippen LogP contribution in [0.5, 0.6) is 11.5 Å². The van der Waals surface area contributed by atoms with Gasteiger partial charge in [-0.15, -0.1) is 0 Å². The van der Waals surface area contributed by atoms with Gasteiger partial charge in [0.25, 0.3) is 0 Å². The Kier molecular flexibility index (Phi) is 5.39. The zero-order chi connectivity index (χ0) is 20.4. The molecule has 7 heteroatoms. The summed E-state index contributed by atoms with van der Waals surface area (Å²) >= 11 is 0. The lowest BCUT2D eigenvalue weighted by atomic mass is 9.99. The fraction of sp³-hybridized carbons (Fsp3) is 0.409. The Balaban J connectivity index is 1.42. The molecule has 4 nitrogen and oxygen atoms in total. The monoisotopic (exact) mass is 404 g/mol. The van der Waals surface area contributed by atoms with Crippen molar-refractivity contribution in [1.29, 1.82) is 0 Å². The van der Waals surface area contributed by atoms with Gasteiger partial charge in [-0.05, 0) is 66.8 Å². The second-order valence-corrected chi connectivity index (χ2v) is 7.66. The molecule has 0 radical (unpaired) electrons. The molecule has 1 aliphatic carbocycles. The normalized spacial score (nSPS) is 17.1. The number of nitrogens with one attached hydrogen (secondary N) is 1. The maximum atomic E-state index is 12.7. The Morgan fingerprint density at radius 1 is 1.00 bits per heavy atom. The highest BCUT2D eigenvalue weighted by atomic mass is 19.4. The average molecular weight is 404 g/mol. The molecular weight excluding hydrogens is 381 g/mol. The number of hydrogen-bond donors (Lipinski definition) is 1. The Labute approximate surface area is 167 Å². The summed E-state index contributed by atoms with van der Waals surface area (Å²) in [6, 6.07) is 10.5. The van der Waals surface area contributed by atoms with Crippen LogP contribution < -0.4 is 10.1 Å². The third kappa shape index (κ3) is 4.66. The maximum Gasteiger partial charge on any atom is 0.416 e. The maximum absolute atomic E-state index is 12.7. The topological polar surface area (TPSA) is 41.6 Å². The molecule has 29 heavy (non-hydrogen) atoms. The standard InChI is InChI=1S/C22H23F3N2O2/c23-22(24,25)17-6-9-19(10-7-17)29-20-8-5-15-11-12-27(14-16(15)13-20)21(28)26-18-3-1-2-4-18/h5-10,13,18H,1-4,11-12,14H2,(H,26,28). The molecule has 0 spiro atoms. The van der Waals surface area contributed by atoms with Gasteiger partial charge in [0.1, 0.15) is 11.5 Å². The Morgan fingerprint density at radius 3 is 2.38 bits per heavy atom. The SMILES string of the molecule is O=C(NC1CCCC1)N1CCc2ccc(Oc3ccc(C(F)(F)F)cc3)cc2C1. The first-order valence-corrected chi connectivity index (χ1v) is 9.91. The van der Waals surface area contributed by atoms with Gasteiger partial charge in [-0.2, -0.15) is 13.2 Å². The van der Waals surface area contributed by atoms with Crippen LogP contribution in [0.1, 0.15) is 42.4 Å². The van der Waals surface area contributed by atoms with E-state index >= 15 is 0 Å². The number of alkyl halides is 3. The number of nitrogens with zero attached hydrogens (tertiary/aromatic N) is 1. The lowest BCUT2D eigenvalue weighted by Crippen LogP contribution is -2.45. The highest BCUT2D eigenvalue weighted by Crippen LogP contribution is 2.32. The molecule has 2 aliphatic rings. The molecule has 0 bridgehead atoms. The van der Waals surface area contributed by atoms with Crippen LogP contribution in [0.25, 0.3) is 0 Å². The number of fused-ring (bicyclic) bond motifs is 1. The molecule has 2 aromatic rings. The molecular formula is C22H23F3N2O2. The largest absolute Gasteiger partial charge is 0.457 e. The van der Waals surface area contributed by atoms with Gasteiger partial charge in [0.15, 0.2) is 0 Å². The molecule has 1 heterocycles. The lowest BCUT2D eigenvalue weighted by Gasteiger charge is -2.30. The van der Waals surface area contributed by atoms with Gasteiger partial charge in [-0.3, -0.25) is 0 Å². The number of carbonyl (C=O) groups excluding carboxylic acids is 1. The quantitative estimate of drug-likeness (QED) is 0.733. The van der Waals surface area contributed by atoms with Crippen LogP contribution in [0.2, 0.25) is 0 Å². The predicted molar refractivity (Wildman–Crippen MR) is 103 cm³/mol. The fourth-order valence-electron chi connectivity index (χ4n) is 3.95. The van der Waals surface area contributed by atoms with E-state index in [4.69, 9.17) is 4.74 Å². The van der Waals surface area contributed by atoms with Gasteiger partial charge in [-0.25, -0.2) is 4.79 Å². The first-order chi connectivity index (χ1) is 13.9. The van der Waals surface area contributed by atoms with Crippen molar-refractivity contribution in [2.75, 3.05) is 6.54 Å². The van der Waals surface area contributed by atoms with Gasteiger partial charge in [0, 0.05) is 19.1 Å². The van der Waals surface area contributed by atoms with Crippen molar-refractivity contribution in [3.05, 3.63) is 59.2 Å². The minimum Gasteiger partial charge on any atom is -0.457 e. The number of carbonyl (C=O) groups is 1. The van der Waals surface area contributed by atoms with E-state index in [2.05, 4.69) is 5.32 Å². The summed E-state index contributed by atoms with van der Waals surface area (Å²) in [6.45, 7) is 1.17. The van der Waals surface area contributed by atoms with Crippen LogP contribution in [0.3, 0.4) is 0 Å². The minimum absolute atomic E-state index is 0.0309. The number of halogens is 3. The second kappa shape index (κ2) is 7.97. The average Bonchev–Trinajstić information content (AvgIpc) is 3.20. The van der Waals surface area contributed by atoms with Crippen molar-refractivity contribution < 1.29 is 22.7 Å². The van der Waals surface area contributed by atoms with Gasteiger partial charge < -0.3 is 15.0 Å². The molecule has 1 saturated carbocycles. The molecule has 0 unspecified atom stereocenters. The van der Waals surface area contributed by atoms with Crippen molar-refractivity contribution in [3.8, 4) is 11.5 Å². The van der Waals surface area contributed by atoms with Crippen LogP contribution in [0, 0.1) is 0 Å². The zero-order valence-corrected chi connectivity index (χ0v) is 16.0. The summed E-state index contributed by atoms with van der Waals surface area (Å²) in [5.74, 6) is 0.881. The third-order valence-corrected chi connectivity index (χ3v) is 5.58. The molecule has 1 fully saturated rings. The summed E-state index contributed by atoms with van der Waals surface area (Å²) in [7, 11) is 0. The summed E-state index contributed by atoms with van der Waals surface area (Å²) in [5, 5.41) is 3.12. The number of ether oxygens (including phenoxy) is 1. The van der Waals surface area contributed by atoms with E-state index in [-0.39, 0.29) is 12.1 Å². The van der Waals surface area contributed by atoms with Crippen LogP contribution in [-0.2, 0) is 19.1 Å². The van der Waals surface area contributed by atoms with Gasteiger partial charge >= 0.3 is 12.2 Å². The minimum atomic E-state index is -4.37. The molecule has 4 rings (SSSR count). The number of hydrogen-bond acceptors (Lipinski definition) is 2. The lowest BCUT2D eigenvalue weighted by molar-refractivity contribution is -0.137. The van der Waals surface area contributed by atoms with E-state index in [1.54, 1.807) is 0 Å². The molecule has 2 aromatic carbocycles. The summed E-state index contributed by atoms with van der Waals surface area (Å²) in [5.41, 5.74) is 1.45. The van der Waals surface area contributed by atoms with E-state index in [0.717, 1.165) is 42.5 Å². The van der Waals surface area contributed by atoms with Crippen LogP contribution in [0.4, 0.5) is 18.0 Å². The van der Waals surface area contributed by atoms with Crippen molar-refractivity contribution >= 4 is 6.03 Å². The second-order valence-electron chi connectivity index (χ2n) is 7.66. The van der Waals surface area contributed by atoms with Crippen molar-refractivity contribution in [2.24, 2.45) is 0 Å². The molecule has 1 aliphatic heterocycles. The van der Waals surface area contributed by atoms with E-state index in [1.807, 2.05) is 23.1 Å². The third-order valence-electron chi connectivity index (χ3n) is 5.58. The molecule has 0 aromatic heterocycles. The van der Waals surface area contributed by atoms with Crippen molar-refractivity contribution in [3.63, 3.8) is 0 Å². The van der Waals surface area contributed by atoms with Crippen LogP contribution in [-0.4, -0.2) is 23.5 Å². The van der Waals surface area contributed by atoms with Crippen LogP contribution in [0.15, 0.2) is 42.5 Å². The Morgan fingerprint density at radius 2 is 1.69 bits per heavy atom. The summed E-state index contributed by atoms with van der Waals surface area (Å²) < 4.78 is 43.8. The summed E-state index contributed by atoms with van der Waals surface area (Å²) in [6.07, 6.45) is 0.820. The first-order valence-electron chi connectivity index (χ1n) is 9.91. The molecule has 154 valence electrons. The zero-order valence-electron chi connectivity index (χ0n) is 16.0. The highest BCUT2D eigenvalue weighted by Gasteiger charge is 2.30. The van der Waals surface area contributed by atoms with E-state index < -0.39 is 11.7 Å².